The van der Waals surface area contributed by atoms with E-state index in [0.717, 1.165) is 30.3 Å². The van der Waals surface area contributed by atoms with Crippen LogP contribution < -0.4 is 14.4 Å². The third kappa shape index (κ3) is 4.80. The highest BCUT2D eigenvalue weighted by atomic mass is 32.1. The van der Waals surface area contributed by atoms with E-state index in [9.17, 15) is 4.79 Å². The summed E-state index contributed by atoms with van der Waals surface area (Å²) in [7, 11) is 3.14. The van der Waals surface area contributed by atoms with Gasteiger partial charge < -0.3 is 19.3 Å². The molecular formula is C23H26N4O3S. The Bertz CT molecular complexity index is 1000. The summed E-state index contributed by atoms with van der Waals surface area (Å²) in [6, 6.07) is 15.6. The number of hydrogen-bond donors (Lipinski definition) is 0. The van der Waals surface area contributed by atoms with Gasteiger partial charge in [-0.2, -0.15) is 4.37 Å². The van der Waals surface area contributed by atoms with Crippen LogP contribution in [-0.4, -0.2) is 60.6 Å². The molecule has 2 heterocycles. The Morgan fingerprint density at radius 2 is 1.71 bits per heavy atom. The van der Waals surface area contributed by atoms with Gasteiger partial charge in [0.15, 0.2) is 0 Å². The second kappa shape index (κ2) is 9.78. The molecule has 0 N–H and O–H groups in total. The molecule has 0 spiro atoms. The Balaban J connectivity index is 1.44. The zero-order valence-electron chi connectivity index (χ0n) is 17.8. The van der Waals surface area contributed by atoms with Gasteiger partial charge in [0, 0.05) is 44.1 Å². The van der Waals surface area contributed by atoms with Gasteiger partial charge in [0.1, 0.15) is 22.9 Å². The van der Waals surface area contributed by atoms with Crippen LogP contribution in [0.15, 0.2) is 48.5 Å². The number of amides is 1. The van der Waals surface area contributed by atoms with Crippen LogP contribution in [-0.2, 0) is 6.42 Å². The van der Waals surface area contributed by atoms with E-state index in [1.165, 1.54) is 17.1 Å². The van der Waals surface area contributed by atoms with Crippen LogP contribution in [0.25, 0.3) is 0 Å². The molecule has 4 rings (SSSR count). The van der Waals surface area contributed by atoms with Crippen molar-refractivity contribution in [3.63, 3.8) is 0 Å². The first-order valence-electron chi connectivity index (χ1n) is 10.3. The summed E-state index contributed by atoms with van der Waals surface area (Å²) in [6.45, 7) is 2.83. The van der Waals surface area contributed by atoms with Gasteiger partial charge in [-0.3, -0.25) is 4.79 Å². The van der Waals surface area contributed by atoms with Crippen molar-refractivity contribution in [3.05, 3.63) is 65.5 Å². The average Bonchev–Trinajstić information content (AvgIpc) is 3.13. The molecule has 0 atom stereocenters. The third-order valence-electron chi connectivity index (χ3n) is 5.36. The molecule has 3 aromatic rings. The van der Waals surface area contributed by atoms with Gasteiger partial charge >= 0.3 is 0 Å². The molecule has 0 unspecified atom stereocenters. The van der Waals surface area contributed by atoms with Crippen molar-refractivity contribution in [3.8, 4) is 11.5 Å². The zero-order valence-corrected chi connectivity index (χ0v) is 18.6. The minimum absolute atomic E-state index is 0.0711. The van der Waals surface area contributed by atoms with Crippen LogP contribution >= 0.6 is 11.5 Å². The maximum atomic E-state index is 13.3. The van der Waals surface area contributed by atoms with Crippen molar-refractivity contribution >= 4 is 22.6 Å². The average molecular weight is 439 g/mol. The fourth-order valence-electron chi connectivity index (χ4n) is 3.76. The van der Waals surface area contributed by atoms with Crippen molar-refractivity contribution in [2.24, 2.45) is 0 Å². The number of anilines is 1. The molecule has 1 fully saturated rings. The van der Waals surface area contributed by atoms with Crippen molar-refractivity contribution in [1.82, 2.24) is 14.3 Å². The predicted molar refractivity (Wildman–Crippen MR) is 121 cm³/mol. The number of ether oxygens (including phenoxy) is 2. The number of carbonyl (C=O) groups excluding carboxylic acids is 1. The van der Waals surface area contributed by atoms with Crippen LogP contribution in [0.2, 0.25) is 0 Å². The molecule has 0 radical (unpaired) electrons. The summed E-state index contributed by atoms with van der Waals surface area (Å²) in [5.41, 5.74) is 1.67. The number of rotatable bonds is 6. The van der Waals surface area contributed by atoms with Crippen LogP contribution in [0.4, 0.5) is 5.13 Å². The maximum absolute atomic E-state index is 13.3. The van der Waals surface area contributed by atoms with Gasteiger partial charge in [0.25, 0.3) is 5.91 Å². The molecule has 31 heavy (non-hydrogen) atoms. The lowest BCUT2D eigenvalue weighted by molar-refractivity contribution is 0.0760. The zero-order chi connectivity index (χ0) is 21.6. The Morgan fingerprint density at radius 3 is 2.42 bits per heavy atom. The summed E-state index contributed by atoms with van der Waals surface area (Å²) in [4.78, 5) is 22.1. The van der Waals surface area contributed by atoms with E-state index in [4.69, 9.17) is 14.5 Å². The fraction of sp³-hybridized carbons (Fsp3) is 0.348. The third-order valence-corrected chi connectivity index (χ3v) is 6.17. The second-order valence-electron chi connectivity index (χ2n) is 7.33. The quantitative estimate of drug-likeness (QED) is 0.587. The number of benzene rings is 2. The maximum Gasteiger partial charge on any atom is 0.261 e. The first-order valence-corrected chi connectivity index (χ1v) is 11.1. The minimum Gasteiger partial charge on any atom is -0.496 e. The molecule has 0 saturated carbocycles. The topological polar surface area (TPSA) is 67.8 Å². The van der Waals surface area contributed by atoms with Gasteiger partial charge in [-0.15, -0.1) is 0 Å². The predicted octanol–water partition coefficient (Wildman–Crippen LogP) is 3.50. The summed E-state index contributed by atoms with van der Waals surface area (Å²) in [6.07, 6.45) is 1.58. The van der Waals surface area contributed by atoms with E-state index in [0.29, 0.717) is 36.7 Å². The molecular weight excluding hydrogens is 412 g/mol. The lowest BCUT2D eigenvalue weighted by Crippen LogP contribution is -2.35. The normalized spacial score (nSPS) is 14.3. The molecule has 7 nitrogen and oxygen atoms in total. The number of nitrogens with zero attached hydrogens (tertiary/aromatic N) is 4. The van der Waals surface area contributed by atoms with Crippen LogP contribution in [0, 0.1) is 0 Å². The molecule has 1 aromatic heterocycles. The van der Waals surface area contributed by atoms with Crippen LogP contribution in [0.1, 0.15) is 28.2 Å². The van der Waals surface area contributed by atoms with Gasteiger partial charge in [0.2, 0.25) is 5.13 Å². The molecule has 0 aliphatic carbocycles. The summed E-state index contributed by atoms with van der Waals surface area (Å²) < 4.78 is 15.4. The second-order valence-corrected chi connectivity index (χ2v) is 8.06. The Morgan fingerprint density at radius 1 is 0.968 bits per heavy atom. The Labute approximate surface area is 186 Å². The van der Waals surface area contributed by atoms with Crippen molar-refractivity contribution in [2.75, 3.05) is 45.3 Å². The van der Waals surface area contributed by atoms with Crippen molar-refractivity contribution < 1.29 is 14.3 Å². The molecule has 8 heteroatoms. The van der Waals surface area contributed by atoms with E-state index >= 15 is 0 Å². The lowest BCUT2D eigenvalue weighted by atomic mass is 10.1. The molecule has 0 bridgehead atoms. The van der Waals surface area contributed by atoms with E-state index in [1.807, 2.05) is 29.2 Å². The molecule has 1 aliphatic heterocycles. The smallest absolute Gasteiger partial charge is 0.261 e. The number of aromatic nitrogens is 2. The van der Waals surface area contributed by atoms with Gasteiger partial charge in [-0.05, 0) is 24.1 Å². The number of hydrogen-bond acceptors (Lipinski definition) is 7. The lowest BCUT2D eigenvalue weighted by Gasteiger charge is -2.23. The van der Waals surface area contributed by atoms with E-state index in [-0.39, 0.29) is 5.91 Å². The molecule has 2 aromatic carbocycles. The summed E-state index contributed by atoms with van der Waals surface area (Å²) >= 11 is 1.42. The highest BCUT2D eigenvalue weighted by Gasteiger charge is 2.26. The van der Waals surface area contributed by atoms with Gasteiger partial charge in [-0.1, -0.05) is 36.4 Å². The van der Waals surface area contributed by atoms with Crippen LogP contribution in [0.5, 0.6) is 11.5 Å². The first kappa shape index (κ1) is 21.1. The minimum atomic E-state index is -0.0711. The SMILES string of the molecule is COc1cccc(OC)c1C(=O)N1CCCN(c2nc(Cc3ccccc3)ns2)CC1. The molecule has 162 valence electrons. The summed E-state index contributed by atoms with van der Waals surface area (Å²) in [5.74, 6) is 1.82. The first-order chi connectivity index (χ1) is 15.2. The van der Waals surface area contributed by atoms with Crippen molar-refractivity contribution in [2.45, 2.75) is 12.8 Å². The van der Waals surface area contributed by atoms with Gasteiger partial charge in [0.05, 0.1) is 14.2 Å². The Kier molecular flexibility index (Phi) is 6.66. The van der Waals surface area contributed by atoms with E-state index in [2.05, 4.69) is 21.4 Å². The monoisotopic (exact) mass is 438 g/mol. The van der Waals surface area contributed by atoms with E-state index in [1.54, 1.807) is 26.4 Å². The highest BCUT2D eigenvalue weighted by Crippen LogP contribution is 2.30. The Hall–Kier alpha value is -3.13. The van der Waals surface area contributed by atoms with Gasteiger partial charge in [-0.25, -0.2) is 4.98 Å². The van der Waals surface area contributed by atoms with Crippen molar-refractivity contribution in [1.29, 1.82) is 0 Å². The number of methoxy groups -OCH3 is 2. The summed E-state index contributed by atoms with van der Waals surface area (Å²) in [5, 5.41) is 0.912. The largest absolute Gasteiger partial charge is 0.496 e. The molecule has 1 aliphatic rings. The molecule has 1 amide bonds. The fourth-order valence-corrected chi connectivity index (χ4v) is 4.49. The van der Waals surface area contributed by atoms with E-state index < -0.39 is 0 Å². The molecule has 1 saturated heterocycles. The highest BCUT2D eigenvalue weighted by molar-refractivity contribution is 7.09. The van der Waals surface area contributed by atoms with Crippen LogP contribution in [0.3, 0.4) is 0 Å². The number of carbonyl (C=O) groups is 1. The standard InChI is InChI=1S/C23H26N4O3S/c1-29-18-10-6-11-19(30-2)21(18)22(28)26-12-7-13-27(15-14-26)23-24-20(25-31-23)16-17-8-4-3-5-9-17/h3-6,8-11H,7,12-16H2,1-2H3.